The van der Waals surface area contributed by atoms with E-state index in [1.54, 1.807) is 0 Å². The number of carbonyl (C=O) groups is 2. The van der Waals surface area contributed by atoms with Gasteiger partial charge in [0, 0.05) is 18.4 Å². The third-order valence-electron chi connectivity index (χ3n) is 4.74. The van der Waals surface area contributed by atoms with Gasteiger partial charge in [-0.1, -0.05) is 25.7 Å². The Labute approximate surface area is 160 Å². The maximum atomic E-state index is 13.7. The number of nitrogens with one attached hydrogen (secondary N) is 2. The summed E-state index contributed by atoms with van der Waals surface area (Å²) in [5.41, 5.74) is -0.308. The first-order valence-corrected chi connectivity index (χ1v) is 9.16. The van der Waals surface area contributed by atoms with Crippen LogP contribution in [0.5, 0.6) is 0 Å². The van der Waals surface area contributed by atoms with Crippen molar-refractivity contribution in [3.63, 3.8) is 0 Å². The number of halogens is 3. The van der Waals surface area contributed by atoms with E-state index in [0.29, 0.717) is 6.07 Å². The molecule has 0 radical (unpaired) electrons. The highest BCUT2D eigenvalue weighted by atomic mass is 19.2. The van der Waals surface area contributed by atoms with Gasteiger partial charge in [0.2, 0.25) is 0 Å². The summed E-state index contributed by atoms with van der Waals surface area (Å²) in [7, 11) is 0. The summed E-state index contributed by atoms with van der Waals surface area (Å²) in [6, 6.07) is 3.04. The quantitative estimate of drug-likeness (QED) is 0.606. The van der Waals surface area contributed by atoms with Crippen LogP contribution in [0.15, 0.2) is 30.6 Å². The number of aromatic nitrogens is 1. The Morgan fingerprint density at radius 2 is 1.54 bits per heavy atom. The normalized spacial score (nSPS) is 15.0. The monoisotopic (exact) mass is 391 g/mol. The predicted molar refractivity (Wildman–Crippen MR) is 97.5 cm³/mol. The molecule has 2 aromatic rings. The van der Waals surface area contributed by atoms with Gasteiger partial charge in [-0.2, -0.15) is 0 Å². The number of hydrogen-bond acceptors (Lipinski definition) is 3. The van der Waals surface area contributed by atoms with Crippen molar-refractivity contribution >= 4 is 17.5 Å². The van der Waals surface area contributed by atoms with E-state index in [-0.39, 0.29) is 23.1 Å². The molecule has 1 saturated carbocycles. The lowest BCUT2D eigenvalue weighted by molar-refractivity contribution is 0.0933. The summed E-state index contributed by atoms with van der Waals surface area (Å²) in [5, 5.41) is 5.11. The largest absolute Gasteiger partial charge is 0.349 e. The minimum atomic E-state index is -1.67. The van der Waals surface area contributed by atoms with Crippen LogP contribution in [-0.2, 0) is 0 Å². The van der Waals surface area contributed by atoms with Gasteiger partial charge >= 0.3 is 0 Å². The minimum Gasteiger partial charge on any atom is -0.349 e. The first-order valence-electron chi connectivity index (χ1n) is 9.16. The Hall–Kier alpha value is -2.90. The summed E-state index contributed by atoms with van der Waals surface area (Å²) in [4.78, 5) is 28.7. The SMILES string of the molecule is O=C(Nc1ccc(F)c(F)c1F)c1cncc(C(=O)NC2CCCCCC2)c1. The van der Waals surface area contributed by atoms with E-state index in [4.69, 9.17) is 0 Å². The van der Waals surface area contributed by atoms with Gasteiger partial charge < -0.3 is 10.6 Å². The van der Waals surface area contributed by atoms with Crippen LogP contribution in [0.25, 0.3) is 0 Å². The zero-order valence-electron chi connectivity index (χ0n) is 15.1. The standard InChI is InChI=1S/C20H20F3N3O2/c21-15-7-8-16(18(23)17(15)22)26-20(28)13-9-12(10-24-11-13)19(27)25-14-5-3-1-2-4-6-14/h7-11,14H,1-6H2,(H,25,27)(H,26,28). The zero-order chi connectivity index (χ0) is 20.1. The third-order valence-corrected chi connectivity index (χ3v) is 4.74. The van der Waals surface area contributed by atoms with Gasteiger partial charge in [0.05, 0.1) is 16.8 Å². The molecular weight excluding hydrogens is 371 g/mol. The maximum Gasteiger partial charge on any atom is 0.257 e. The number of carbonyl (C=O) groups excluding carboxylic acids is 2. The van der Waals surface area contributed by atoms with Crippen LogP contribution < -0.4 is 10.6 Å². The molecule has 0 bridgehead atoms. The molecule has 1 fully saturated rings. The van der Waals surface area contributed by atoms with Crippen LogP contribution >= 0.6 is 0 Å². The van der Waals surface area contributed by atoms with Gasteiger partial charge in [-0.25, -0.2) is 13.2 Å². The molecular formula is C20H20F3N3O2. The second-order valence-electron chi connectivity index (χ2n) is 6.80. The van der Waals surface area contributed by atoms with E-state index in [0.717, 1.165) is 44.6 Å². The lowest BCUT2D eigenvalue weighted by atomic mass is 10.1. The van der Waals surface area contributed by atoms with E-state index in [1.807, 2.05) is 0 Å². The first-order chi connectivity index (χ1) is 13.5. The number of rotatable bonds is 4. The molecule has 0 atom stereocenters. The number of nitrogens with zero attached hydrogens (tertiary/aromatic N) is 1. The van der Waals surface area contributed by atoms with Gasteiger partial charge in [0.1, 0.15) is 0 Å². The summed E-state index contributed by atoms with van der Waals surface area (Å²) in [6.45, 7) is 0. The summed E-state index contributed by atoms with van der Waals surface area (Å²) in [5.74, 6) is -5.65. The molecule has 8 heteroatoms. The third kappa shape index (κ3) is 4.68. The van der Waals surface area contributed by atoms with Crippen molar-refractivity contribution in [3.05, 3.63) is 59.2 Å². The Balaban J connectivity index is 1.70. The summed E-state index contributed by atoms with van der Waals surface area (Å²) < 4.78 is 40.0. The fourth-order valence-electron chi connectivity index (χ4n) is 3.20. The smallest absolute Gasteiger partial charge is 0.257 e. The van der Waals surface area contributed by atoms with Gasteiger partial charge in [-0.05, 0) is 31.0 Å². The molecule has 1 aliphatic carbocycles. The van der Waals surface area contributed by atoms with Crippen molar-refractivity contribution in [3.8, 4) is 0 Å². The average Bonchev–Trinajstić information content (AvgIpc) is 2.97. The van der Waals surface area contributed by atoms with Crippen molar-refractivity contribution in [2.24, 2.45) is 0 Å². The highest BCUT2D eigenvalue weighted by molar-refractivity contribution is 6.05. The maximum absolute atomic E-state index is 13.7. The zero-order valence-corrected chi connectivity index (χ0v) is 15.1. The van der Waals surface area contributed by atoms with Crippen LogP contribution in [0.4, 0.5) is 18.9 Å². The van der Waals surface area contributed by atoms with Crippen molar-refractivity contribution in [2.45, 2.75) is 44.6 Å². The fraction of sp³-hybridized carbons (Fsp3) is 0.350. The van der Waals surface area contributed by atoms with Crippen molar-refractivity contribution in [1.29, 1.82) is 0 Å². The van der Waals surface area contributed by atoms with Gasteiger partial charge in [0.15, 0.2) is 17.5 Å². The molecule has 2 amide bonds. The molecule has 0 saturated heterocycles. The molecule has 5 nitrogen and oxygen atoms in total. The molecule has 1 aromatic heterocycles. The predicted octanol–water partition coefficient (Wildman–Crippen LogP) is 4.20. The molecule has 0 spiro atoms. The lowest BCUT2D eigenvalue weighted by Crippen LogP contribution is -2.34. The Kier molecular flexibility index (Phi) is 6.28. The van der Waals surface area contributed by atoms with E-state index >= 15 is 0 Å². The van der Waals surface area contributed by atoms with E-state index < -0.39 is 29.0 Å². The van der Waals surface area contributed by atoms with Crippen molar-refractivity contribution in [2.75, 3.05) is 5.32 Å². The Bertz CT molecular complexity index is 881. The molecule has 2 N–H and O–H groups in total. The average molecular weight is 391 g/mol. The van der Waals surface area contributed by atoms with E-state index in [9.17, 15) is 22.8 Å². The molecule has 1 heterocycles. The van der Waals surface area contributed by atoms with E-state index in [2.05, 4.69) is 15.6 Å². The first kappa shape index (κ1) is 19.9. The van der Waals surface area contributed by atoms with Gasteiger partial charge in [-0.3, -0.25) is 14.6 Å². The number of pyridine rings is 1. The lowest BCUT2D eigenvalue weighted by Gasteiger charge is -2.16. The highest BCUT2D eigenvalue weighted by Gasteiger charge is 2.19. The fourth-order valence-corrected chi connectivity index (χ4v) is 3.20. The van der Waals surface area contributed by atoms with Crippen LogP contribution in [0.1, 0.15) is 59.2 Å². The van der Waals surface area contributed by atoms with Crippen LogP contribution in [0.2, 0.25) is 0 Å². The summed E-state index contributed by atoms with van der Waals surface area (Å²) in [6.07, 6.45) is 8.80. The van der Waals surface area contributed by atoms with Crippen LogP contribution in [0, 0.1) is 17.5 Å². The Morgan fingerprint density at radius 1 is 0.893 bits per heavy atom. The number of hydrogen-bond donors (Lipinski definition) is 2. The number of amides is 2. The molecule has 1 aliphatic rings. The topological polar surface area (TPSA) is 71.1 Å². The van der Waals surface area contributed by atoms with Gasteiger partial charge in [0.25, 0.3) is 11.8 Å². The molecule has 1 aromatic carbocycles. The molecule has 3 rings (SSSR count). The molecule has 0 aliphatic heterocycles. The molecule has 28 heavy (non-hydrogen) atoms. The Morgan fingerprint density at radius 3 is 2.21 bits per heavy atom. The van der Waals surface area contributed by atoms with Crippen molar-refractivity contribution < 1.29 is 22.8 Å². The van der Waals surface area contributed by atoms with Crippen LogP contribution in [0.3, 0.4) is 0 Å². The highest BCUT2D eigenvalue weighted by Crippen LogP contribution is 2.21. The molecule has 0 unspecified atom stereocenters. The molecule has 148 valence electrons. The number of anilines is 1. The minimum absolute atomic E-state index is 0.00218. The van der Waals surface area contributed by atoms with Gasteiger partial charge in [-0.15, -0.1) is 0 Å². The van der Waals surface area contributed by atoms with E-state index in [1.165, 1.54) is 18.5 Å². The van der Waals surface area contributed by atoms with Crippen LogP contribution in [-0.4, -0.2) is 22.8 Å². The summed E-state index contributed by atoms with van der Waals surface area (Å²) >= 11 is 0. The second-order valence-corrected chi connectivity index (χ2v) is 6.80. The second kappa shape index (κ2) is 8.86. The van der Waals surface area contributed by atoms with Crippen molar-refractivity contribution in [1.82, 2.24) is 10.3 Å². The number of benzene rings is 1.